The second kappa shape index (κ2) is 6.88. The maximum absolute atomic E-state index is 9.68. The Morgan fingerprint density at radius 2 is 1.89 bits per heavy atom. The largest absolute Gasteiger partial charge is 0.393 e. The Bertz CT molecular complexity index is 237. The second-order valence-corrected chi connectivity index (χ2v) is 6.50. The molecule has 0 radical (unpaired) electrons. The molecule has 1 aliphatic carbocycles. The number of aliphatic hydroxyl groups excluding tert-OH is 1. The summed E-state index contributed by atoms with van der Waals surface area (Å²) in [6.07, 6.45) is 7.07. The first-order chi connectivity index (χ1) is 8.65. The topological polar surface area (TPSA) is 35.5 Å². The van der Waals surface area contributed by atoms with Gasteiger partial charge in [0.15, 0.2) is 0 Å². The van der Waals surface area contributed by atoms with E-state index >= 15 is 0 Å². The van der Waals surface area contributed by atoms with Crippen LogP contribution in [0.5, 0.6) is 0 Å². The summed E-state index contributed by atoms with van der Waals surface area (Å²) < 4.78 is 0. The van der Waals surface area contributed by atoms with Gasteiger partial charge in [0.2, 0.25) is 0 Å². The lowest BCUT2D eigenvalue weighted by molar-refractivity contribution is 0.0967. The van der Waals surface area contributed by atoms with Gasteiger partial charge in [-0.05, 0) is 71.5 Å². The molecule has 0 amide bonds. The van der Waals surface area contributed by atoms with E-state index in [0.717, 1.165) is 19.4 Å². The highest BCUT2D eigenvalue weighted by atomic mass is 16.3. The number of hydrogen-bond acceptors (Lipinski definition) is 3. The average molecular weight is 254 g/mol. The maximum Gasteiger partial charge on any atom is 0.0543 e. The molecule has 0 bridgehead atoms. The van der Waals surface area contributed by atoms with Crippen molar-refractivity contribution in [2.75, 3.05) is 19.6 Å². The zero-order valence-corrected chi connectivity index (χ0v) is 12.1. The van der Waals surface area contributed by atoms with Gasteiger partial charge in [0.25, 0.3) is 0 Å². The number of nitrogens with zero attached hydrogens (tertiary/aromatic N) is 1. The zero-order valence-electron chi connectivity index (χ0n) is 12.1. The number of likely N-dealkylation sites (tertiary alicyclic amines) is 1. The van der Waals surface area contributed by atoms with Gasteiger partial charge in [-0.3, -0.25) is 0 Å². The van der Waals surface area contributed by atoms with Crippen LogP contribution in [0.15, 0.2) is 0 Å². The van der Waals surface area contributed by atoms with E-state index in [0.29, 0.717) is 18.0 Å². The van der Waals surface area contributed by atoms with Gasteiger partial charge >= 0.3 is 0 Å². The molecule has 2 aliphatic rings. The minimum Gasteiger partial charge on any atom is -0.393 e. The van der Waals surface area contributed by atoms with Crippen LogP contribution in [0, 0.1) is 5.92 Å². The number of hydrogen-bond donors (Lipinski definition) is 2. The minimum atomic E-state index is -0.0339. The first kappa shape index (κ1) is 14.3. The summed E-state index contributed by atoms with van der Waals surface area (Å²) in [5.41, 5.74) is 0. The lowest BCUT2D eigenvalue weighted by Gasteiger charge is -2.36. The molecule has 1 saturated carbocycles. The standard InChI is InChI=1S/C15H30N2O/c1-12(2)17-8-6-14(7-9-17)16-11-13-4-3-5-15(18)10-13/h12-16,18H,3-11H2,1-2H3. The zero-order chi connectivity index (χ0) is 13.0. The van der Waals surface area contributed by atoms with Crippen LogP contribution >= 0.6 is 0 Å². The lowest BCUT2D eigenvalue weighted by atomic mass is 9.87. The molecule has 106 valence electrons. The molecular weight excluding hydrogens is 224 g/mol. The quantitative estimate of drug-likeness (QED) is 0.805. The van der Waals surface area contributed by atoms with Crippen LogP contribution in [0.2, 0.25) is 0 Å². The first-order valence-electron chi connectivity index (χ1n) is 7.80. The maximum atomic E-state index is 9.68. The van der Waals surface area contributed by atoms with Crippen molar-refractivity contribution in [3.63, 3.8) is 0 Å². The van der Waals surface area contributed by atoms with E-state index in [1.807, 2.05) is 0 Å². The van der Waals surface area contributed by atoms with Gasteiger partial charge in [-0.15, -0.1) is 0 Å². The highest BCUT2D eigenvalue weighted by Crippen LogP contribution is 2.24. The molecule has 2 rings (SSSR count). The molecule has 0 aromatic rings. The molecule has 3 heteroatoms. The summed E-state index contributed by atoms with van der Waals surface area (Å²) in [6.45, 7) is 8.17. The van der Waals surface area contributed by atoms with Gasteiger partial charge in [0, 0.05) is 12.1 Å². The summed E-state index contributed by atoms with van der Waals surface area (Å²) in [4.78, 5) is 2.57. The molecule has 3 nitrogen and oxygen atoms in total. The Labute approximate surface area is 112 Å². The van der Waals surface area contributed by atoms with E-state index in [4.69, 9.17) is 0 Å². The molecule has 2 atom stereocenters. The molecule has 2 fully saturated rings. The Kier molecular flexibility index (Phi) is 5.46. The van der Waals surface area contributed by atoms with E-state index < -0.39 is 0 Å². The van der Waals surface area contributed by atoms with Gasteiger partial charge in [-0.1, -0.05) is 6.42 Å². The molecule has 18 heavy (non-hydrogen) atoms. The fourth-order valence-electron chi connectivity index (χ4n) is 3.40. The molecule has 0 aromatic carbocycles. The van der Waals surface area contributed by atoms with Crippen molar-refractivity contribution in [3.05, 3.63) is 0 Å². The van der Waals surface area contributed by atoms with E-state index in [-0.39, 0.29) is 6.10 Å². The highest BCUT2D eigenvalue weighted by molar-refractivity contribution is 4.81. The predicted octanol–water partition coefficient (Wildman–Crippen LogP) is 2.00. The van der Waals surface area contributed by atoms with Crippen LogP contribution in [0.25, 0.3) is 0 Å². The van der Waals surface area contributed by atoms with Crippen molar-refractivity contribution in [2.24, 2.45) is 5.92 Å². The van der Waals surface area contributed by atoms with Gasteiger partial charge in [0.1, 0.15) is 0 Å². The number of rotatable bonds is 4. The second-order valence-electron chi connectivity index (χ2n) is 6.50. The van der Waals surface area contributed by atoms with Crippen LogP contribution in [-0.2, 0) is 0 Å². The number of aliphatic hydroxyl groups is 1. The van der Waals surface area contributed by atoms with Crippen LogP contribution in [0.3, 0.4) is 0 Å². The smallest absolute Gasteiger partial charge is 0.0543 e. The van der Waals surface area contributed by atoms with Gasteiger partial charge in [-0.25, -0.2) is 0 Å². The molecule has 1 saturated heterocycles. The molecule has 2 unspecified atom stereocenters. The molecule has 1 aliphatic heterocycles. The van der Waals surface area contributed by atoms with Gasteiger partial charge in [0.05, 0.1) is 6.10 Å². The minimum absolute atomic E-state index is 0.0339. The van der Waals surface area contributed by atoms with Crippen molar-refractivity contribution < 1.29 is 5.11 Å². The molecule has 0 spiro atoms. The van der Waals surface area contributed by atoms with Crippen LogP contribution in [0.1, 0.15) is 52.4 Å². The highest BCUT2D eigenvalue weighted by Gasteiger charge is 2.23. The van der Waals surface area contributed by atoms with Crippen molar-refractivity contribution >= 4 is 0 Å². The third-order valence-electron chi connectivity index (χ3n) is 4.71. The van der Waals surface area contributed by atoms with E-state index in [2.05, 4.69) is 24.1 Å². The summed E-state index contributed by atoms with van der Waals surface area (Å²) in [6, 6.07) is 1.40. The van der Waals surface area contributed by atoms with Gasteiger partial charge in [-0.2, -0.15) is 0 Å². The Morgan fingerprint density at radius 3 is 2.50 bits per heavy atom. The lowest BCUT2D eigenvalue weighted by Crippen LogP contribution is -2.46. The molecule has 1 heterocycles. The first-order valence-corrected chi connectivity index (χ1v) is 7.80. The normalized spacial score (nSPS) is 32.0. The predicted molar refractivity (Wildman–Crippen MR) is 75.7 cm³/mol. The molecule has 2 N–H and O–H groups in total. The number of nitrogens with one attached hydrogen (secondary N) is 1. The SMILES string of the molecule is CC(C)N1CCC(NCC2CCCC(O)C2)CC1. The summed E-state index contributed by atoms with van der Waals surface area (Å²) >= 11 is 0. The Morgan fingerprint density at radius 1 is 1.17 bits per heavy atom. The summed E-state index contributed by atoms with van der Waals surface area (Å²) in [7, 11) is 0. The number of piperidine rings is 1. The Hall–Kier alpha value is -0.120. The fraction of sp³-hybridized carbons (Fsp3) is 1.00. The van der Waals surface area contributed by atoms with Gasteiger partial charge < -0.3 is 15.3 Å². The van der Waals surface area contributed by atoms with Crippen molar-refractivity contribution in [2.45, 2.75) is 70.6 Å². The third kappa shape index (κ3) is 4.22. The molecule has 0 aromatic heterocycles. The van der Waals surface area contributed by atoms with Crippen LogP contribution in [-0.4, -0.2) is 47.8 Å². The fourth-order valence-corrected chi connectivity index (χ4v) is 3.40. The Balaban J connectivity index is 1.63. The van der Waals surface area contributed by atoms with Crippen molar-refractivity contribution in [1.82, 2.24) is 10.2 Å². The summed E-state index contributed by atoms with van der Waals surface area (Å²) in [5.74, 6) is 0.705. The van der Waals surface area contributed by atoms with Crippen molar-refractivity contribution in [3.8, 4) is 0 Å². The molecular formula is C15H30N2O. The van der Waals surface area contributed by atoms with Crippen LogP contribution in [0.4, 0.5) is 0 Å². The van der Waals surface area contributed by atoms with E-state index in [1.54, 1.807) is 0 Å². The van der Waals surface area contributed by atoms with Crippen LogP contribution < -0.4 is 5.32 Å². The monoisotopic (exact) mass is 254 g/mol. The summed E-state index contributed by atoms with van der Waals surface area (Å²) in [5, 5.41) is 13.4. The third-order valence-corrected chi connectivity index (χ3v) is 4.71. The van der Waals surface area contributed by atoms with Crippen molar-refractivity contribution in [1.29, 1.82) is 0 Å². The average Bonchev–Trinajstić information content (AvgIpc) is 2.37. The van der Waals surface area contributed by atoms with E-state index in [9.17, 15) is 5.11 Å². The van der Waals surface area contributed by atoms with E-state index in [1.165, 1.54) is 38.8 Å².